The van der Waals surface area contributed by atoms with E-state index < -0.39 is 22.5 Å². The Morgan fingerprint density at radius 2 is 1.77 bits per heavy atom. The molecule has 8 nitrogen and oxygen atoms in total. The van der Waals surface area contributed by atoms with E-state index in [0.717, 1.165) is 10.4 Å². The lowest BCUT2D eigenvalue weighted by Gasteiger charge is -2.15. The molecule has 1 N–H and O–H groups in total. The lowest BCUT2D eigenvalue weighted by Crippen LogP contribution is -2.22. The largest absolute Gasteiger partial charge is 0.495 e. The molecule has 0 spiro atoms. The van der Waals surface area contributed by atoms with Crippen LogP contribution in [0.3, 0.4) is 0 Å². The molecular formula is C20H22F2N2O6S. The quantitative estimate of drug-likeness (QED) is 0.583. The molecule has 11 heteroatoms. The second kappa shape index (κ2) is 10.2. The summed E-state index contributed by atoms with van der Waals surface area (Å²) in [7, 11) is 1.70. The normalized spacial score (nSPS) is 11.7. The Morgan fingerprint density at radius 1 is 1.10 bits per heavy atom. The summed E-state index contributed by atoms with van der Waals surface area (Å²) < 4.78 is 65.8. The van der Waals surface area contributed by atoms with Crippen LogP contribution in [0, 0.1) is 0 Å². The van der Waals surface area contributed by atoms with Gasteiger partial charge in [-0.15, -0.1) is 0 Å². The van der Waals surface area contributed by atoms with Gasteiger partial charge in [-0.05, 0) is 30.3 Å². The molecule has 0 aliphatic carbocycles. The highest BCUT2D eigenvalue weighted by molar-refractivity contribution is 7.89. The van der Waals surface area contributed by atoms with E-state index in [0.29, 0.717) is 0 Å². The summed E-state index contributed by atoms with van der Waals surface area (Å²) in [6.07, 6.45) is 2.35. The third kappa shape index (κ3) is 5.92. The average Bonchev–Trinajstić information content (AvgIpc) is 2.72. The number of para-hydroxylation sites is 1. The molecule has 0 heterocycles. The molecule has 31 heavy (non-hydrogen) atoms. The highest BCUT2D eigenvalue weighted by Gasteiger charge is 2.20. The first-order chi connectivity index (χ1) is 14.6. The second-order valence-electron chi connectivity index (χ2n) is 6.23. The minimum absolute atomic E-state index is 0.0435. The molecule has 0 aliphatic rings. The van der Waals surface area contributed by atoms with Gasteiger partial charge in [0.25, 0.3) is 0 Å². The smallest absolute Gasteiger partial charge is 0.387 e. The molecule has 0 atom stereocenters. The maximum Gasteiger partial charge on any atom is 0.387 e. The average molecular weight is 456 g/mol. The lowest BCUT2D eigenvalue weighted by molar-refractivity contribution is -0.111. The van der Waals surface area contributed by atoms with E-state index in [1.54, 1.807) is 6.07 Å². The van der Waals surface area contributed by atoms with Gasteiger partial charge in [0.1, 0.15) is 5.75 Å². The number of sulfonamides is 1. The van der Waals surface area contributed by atoms with Crippen LogP contribution in [0.15, 0.2) is 47.4 Å². The first kappa shape index (κ1) is 24.1. The summed E-state index contributed by atoms with van der Waals surface area (Å²) in [6.45, 7) is -3.08. The maximum atomic E-state index is 12.7. The minimum Gasteiger partial charge on any atom is -0.495 e. The van der Waals surface area contributed by atoms with Crippen LogP contribution in [-0.4, -0.2) is 53.6 Å². The minimum atomic E-state index is -3.73. The van der Waals surface area contributed by atoms with E-state index in [4.69, 9.17) is 9.47 Å². The second-order valence-corrected chi connectivity index (χ2v) is 8.38. The number of hydrogen-bond donors (Lipinski definition) is 1. The molecule has 168 valence electrons. The molecule has 2 aromatic carbocycles. The van der Waals surface area contributed by atoms with Crippen LogP contribution in [0.5, 0.6) is 17.2 Å². The summed E-state index contributed by atoms with van der Waals surface area (Å²) in [4.78, 5) is 12.4. The number of carbonyl (C=O) groups excluding carboxylic acids is 1. The van der Waals surface area contributed by atoms with Gasteiger partial charge in [0, 0.05) is 25.7 Å². The van der Waals surface area contributed by atoms with E-state index in [2.05, 4.69) is 10.1 Å². The number of halogens is 2. The van der Waals surface area contributed by atoms with E-state index in [1.807, 2.05) is 0 Å². The Kier molecular flexibility index (Phi) is 7.95. The molecular weight excluding hydrogens is 434 g/mol. The van der Waals surface area contributed by atoms with Gasteiger partial charge in [-0.1, -0.05) is 12.1 Å². The van der Waals surface area contributed by atoms with Crippen molar-refractivity contribution in [3.8, 4) is 17.2 Å². The number of methoxy groups -OCH3 is 2. The Balaban J connectivity index is 2.32. The third-order valence-corrected chi connectivity index (χ3v) is 5.87. The maximum absolute atomic E-state index is 12.7. The molecule has 0 saturated carbocycles. The van der Waals surface area contributed by atoms with Gasteiger partial charge in [-0.2, -0.15) is 8.78 Å². The number of carbonyl (C=O) groups is 1. The van der Waals surface area contributed by atoms with Gasteiger partial charge in [0.05, 0.1) is 24.8 Å². The SMILES string of the molecule is COc1ccc(S(=O)(=O)N(C)C)cc1NC(=O)/C=C/c1cccc(OC)c1OC(F)F. The number of alkyl halides is 2. The molecule has 1 amide bonds. The lowest BCUT2D eigenvalue weighted by atomic mass is 10.1. The summed E-state index contributed by atoms with van der Waals surface area (Å²) in [5.74, 6) is -0.557. The van der Waals surface area contributed by atoms with Crippen LogP contribution in [-0.2, 0) is 14.8 Å². The number of hydrogen-bond acceptors (Lipinski definition) is 6. The van der Waals surface area contributed by atoms with Crippen LogP contribution in [0.1, 0.15) is 5.56 Å². The number of amides is 1. The van der Waals surface area contributed by atoms with Gasteiger partial charge in [0.2, 0.25) is 15.9 Å². The number of ether oxygens (including phenoxy) is 3. The van der Waals surface area contributed by atoms with Gasteiger partial charge in [-0.25, -0.2) is 12.7 Å². The molecule has 0 saturated heterocycles. The van der Waals surface area contributed by atoms with Crippen molar-refractivity contribution in [3.63, 3.8) is 0 Å². The number of benzene rings is 2. The fourth-order valence-electron chi connectivity index (χ4n) is 2.54. The van der Waals surface area contributed by atoms with Crippen molar-refractivity contribution in [3.05, 3.63) is 48.0 Å². The number of nitrogens with zero attached hydrogens (tertiary/aromatic N) is 1. The molecule has 2 rings (SSSR count). The molecule has 0 radical (unpaired) electrons. The van der Waals surface area contributed by atoms with E-state index >= 15 is 0 Å². The molecule has 0 aliphatic heterocycles. The number of nitrogens with one attached hydrogen (secondary N) is 1. The summed E-state index contributed by atoms with van der Waals surface area (Å²) in [5.41, 5.74) is 0.306. The molecule has 2 aromatic rings. The molecule has 0 bridgehead atoms. The van der Waals surface area contributed by atoms with E-state index in [-0.39, 0.29) is 33.4 Å². The first-order valence-corrected chi connectivity index (χ1v) is 10.3. The van der Waals surface area contributed by atoms with Crippen molar-refractivity contribution in [1.82, 2.24) is 4.31 Å². The van der Waals surface area contributed by atoms with Crippen LogP contribution >= 0.6 is 0 Å². The zero-order valence-corrected chi connectivity index (χ0v) is 18.1. The Bertz CT molecular complexity index is 1070. The Morgan fingerprint density at radius 3 is 2.35 bits per heavy atom. The Labute approximate surface area is 179 Å². The van der Waals surface area contributed by atoms with Crippen molar-refractivity contribution in [1.29, 1.82) is 0 Å². The monoisotopic (exact) mass is 456 g/mol. The van der Waals surface area contributed by atoms with Crippen LogP contribution < -0.4 is 19.5 Å². The van der Waals surface area contributed by atoms with Gasteiger partial charge in [0.15, 0.2) is 11.5 Å². The number of rotatable bonds is 9. The predicted molar refractivity (Wildman–Crippen MR) is 111 cm³/mol. The summed E-state index contributed by atoms with van der Waals surface area (Å²) >= 11 is 0. The first-order valence-electron chi connectivity index (χ1n) is 8.81. The Hall–Kier alpha value is -3.18. The fourth-order valence-corrected chi connectivity index (χ4v) is 3.46. The highest BCUT2D eigenvalue weighted by atomic mass is 32.2. The third-order valence-electron chi connectivity index (χ3n) is 4.06. The van der Waals surface area contributed by atoms with Gasteiger partial charge >= 0.3 is 6.61 Å². The van der Waals surface area contributed by atoms with Crippen molar-refractivity contribution in [2.75, 3.05) is 33.6 Å². The topological polar surface area (TPSA) is 94.2 Å². The van der Waals surface area contributed by atoms with Crippen molar-refractivity contribution in [2.24, 2.45) is 0 Å². The van der Waals surface area contributed by atoms with Crippen molar-refractivity contribution < 1.29 is 36.2 Å². The fraction of sp³-hybridized carbons (Fsp3) is 0.250. The summed E-state index contributed by atoms with van der Waals surface area (Å²) in [5, 5.41) is 2.52. The predicted octanol–water partition coefficient (Wildman–Crippen LogP) is 3.21. The molecule has 0 fully saturated rings. The van der Waals surface area contributed by atoms with E-state index in [9.17, 15) is 22.0 Å². The van der Waals surface area contributed by atoms with Crippen molar-refractivity contribution >= 4 is 27.7 Å². The molecule has 0 aromatic heterocycles. The summed E-state index contributed by atoms with van der Waals surface area (Å²) in [6, 6.07) is 8.48. The number of anilines is 1. The van der Waals surface area contributed by atoms with E-state index in [1.165, 1.54) is 64.7 Å². The van der Waals surface area contributed by atoms with Crippen LogP contribution in [0.4, 0.5) is 14.5 Å². The van der Waals surface area contributed by atoms with Gasteiger partial charge in [-0.3, -0.25) is 4.79 Å². The zero-order valence-electron chi connectivity index (χ0n) is 17.3. The van der Waals surface area contributed by atoms with Crippen LogP contribution in [0.25, 0.3) is 6.08 Å². The molecule has 0 unspecified atom stereocenters. The van der Waals surface area contributed by atoms with Gasteiger partial charge < -0.3 is 19.5 Å². The van der Waals surface area contributed by atoms with Crippen molar-refractivity contribution in [2.45, 2.75) is 11.5 Å². The standard InChI is InChI=1S/C20H22F2N2O6S/c1-24(2)31(26,27)14-9-10-16(28-3)15(12-14)23-18(25)11-8-13-6-5-7-17(29-4)19(13)30-20(21)22/h5-12,20H,1-4H3,(H,23,25)/b11-8+. The van der Waals surface area contributed by atoms with Crippen LogP contribution in [0.2, 0.25) is 0 Å². The highest BCUT2D eigenvalue weighted by Crippen LogP contribution is 2.33. The zero-order chi connectivity index (χ0) is 23.2.